The fourth-order valence-electron chi connectivity index (χ4n) is 2.69. The maximum Gasteiger partial charge on any atom is 0.166 e. The predicted octanol–water partition coefficient (Wildman–Crippen LogP) is 3.48. The molecule has 2 aliphatic rings. The summed E-state index contributed by atoms with van der Waals surface area (Å²) in [5.41, 5.74) is 9.12. The van der Waals surface area contributed by atoms with Gasteiger partial charge in [-0.2, -0.15) is 0 Å². The van der Waals surface area contributed by atoms with Gasteiger partial charge in [0.2, 0.25) is 0 Å². The highest BCUT2D eigenvalue weighted by Gasteiger charge is 2.21. The Bertz CT molecular complexity index is 1060. The largest absolute Gasteiger partial charge is 0.382 e. The zero-order chi connectivity index (χ0) is 18.3. The van der Waals surface area contributed by atoms with Crippen LogP contribution in [0.15, 0.2) is 36.9 Å². The molecular formula is C17H13Cl2N7. The summed E-state index contributed by atoms with van der Waals surface area (Å²) in [4.78, 5) is 21.4. The van der Waals surface area contributed by atoms with E-state index in [1.807, 2.05) is 31.2 Å². The van der Waals surface area contributed by atoms with Crippen molar-refractivity contribution in [2.45, 2.75) is 13.5 Å². The molecule has 9 heteroatoms. The van der Waals surface area contributed by atoms with Gasteiger partial charge >= 0.3 is 0 Å². The summed E-state index contributed by atoms with van der Waals surface area (Å²) in [6.45, 7) is 2.31. The van der Waals surface area contributed by atoms with Gasteiger partial charge in [-0.1, -0.05) is 47.5 Å². The first kappa shape index (κ1) is 16.7. The zero-order valence-corrected chi connectivity index (χ0v) is 15.2. The van der Waals surface area contributed by atoms with Crippen LogP contribution in [0.1, 0.15) is 11.1 Å². The Kier molecular flexibility index (Phi) is 4.18. The van der Waals surface area contributed by atoms with Gasteiger partial charge in [-0.25, -0.2) is 24.9 Å². The average Bonchev–Trinajstić information content (AvgIpc) is 3.07. The number of hydrogen-bond acceptors (Lipinski definition) is 6. The van der Waals surface area contributed by atoms with Crippen molar-refractivity contribution in [2.75, 3.05) is 5.73 Å². The summed E-state index contributed by atoms with van der Waals surface area (Å²) in [6.07, 6.45) is 2.89. The Morgan fingerprint density at radius 3 is 2.50 bits per heavy atom. The lowest BCUT2D eigenvalue weighted by atomic mass is 10.1. The lowest BCUT2D eigenvalue weighted by molar-refractivity contribution is 0.756. The van der Waals surface area contributed by atoms with Gasteiger partial charge in [0, 0.05) is 11.1 Å². The Balaban J connectivity index is 1.85. The summed E-state index contributed by atoms with van der Waals surface area (Å²) in [5, 5.41) is 0.558. The van der Waals surface area contributed by atoms with E-state index in [9.17, 15) is 0 Å². The van der Waals surface area contributed by atoms with Crippen molar-refractivity contribution in [1.29, 1.82) is 0 Å². The molecule has 130 valence electrons. The molecule has 0 saturated carbocycles. The SMILES string of the molecule is Cc1ccccc1-c1nc2c(N)ncn(Cc3c(Cl)ncnc3Cl)c-2n1. The molecule has 7 nitrogen and oxygen atoms in total. The molecule has 0 radical (unpaired) electrons. The molecule has 4 rings (SSSR count). The van der Waals surface area contributed by atoms with Crippen molar-refractivity contribution < 1.29 is 0 Å². The van der Waals surface area contributed by atoms with E-state index in [-0.39, 0.29) is 10.3 Å². The number of nitrogens with two attached hydrogens (primary N) is 1. The minimum Gasteiger partial charge on any atom is -0.382 e. The molecule has 0 fully saturated rings. The predicted molar refractivity (Wildman–Crippen MR) is 100 cm³/mol. The first-order valence-corrected chi connectivity index (χ1v) is 8.49. The number of aromatic nitrogens is 6. The van der Waals surface area contributed by atoms with Gasteiger partial charge in [0.1, 0.15) is 16.6 Å². The molecule has 0 aliphatic carbocycles. The number of nitrogen functional groups attached to an aromatic ring is 1. The summed E-state index contributed by atoms with van der Waals surface area (Å²) in [7, 11) is 0. The van der Waals surface area contributed by atoms with Crippen molar-refractivity contribution in [3.05, 3.63) is 58.4 Å². The van der Waals surface area contributed by atoms with Gasteiger partial charge < -0.3 is 10.3 Å². The number of rotatable bonds is 3. The van der Waals surface area contributed by atoms with Crippen LogP contribution in [0.25, 0.3) is 22.9 Å². The molecule has 0 bridgehead atoms. The molecule has 3 heterocycles. The van der Waals surface area contributed by atoms with E-state index in [4.69, 9.17) is 28.9 Å². The van der Waals surface area contributed by atoms with E-state index in [2.05, 4.69) is 24.9 Å². The fourth-order valence-corrected chi connectivity index (χ4v) is 3.12. The van der Waals surface area contributed by atoms with Crippen molar-refractivity contribution in [1.82, 2.24) is 29.5 Å². The summed E-state index contributed by atoms with van der Waals surface area (Å²) in [6, 6.07) is 7.89. The molecule has 2 aliphatic heterocycles. The van der Waals surface area contributed by atoms with Crippen LogP contribution in [0, 0.1) is 6.92 Å². The molecule has 0 spiro atoms. The third kappa shape index (κ3) is 2.85. The summed E-state index contributed by atoms with van der Waals surface area (Å²) < 4.78 is 1.77. The van der Waals surface area contributed by atoms with Crippen molar-refractivity contribution in [2.24, 2.45) is 0 Å². The van der Waals surface area contributed by atoms with Gasteiger partial charge in [-0.05, 0) is 12.5 Å². The molecule has 0 unspecified atom stereocenters. The summed E-state index contributed by atoms with van der Waals surface area (Å²) in [5.74, 6) is 1.49. The molecule has 0 atom stereocenters. The van der Waals surface area contributed by atoms with E-state index in [0.29, 0.717) is 35.3 Å². The molecular weight excluding hydrogens is 373 g/mol. The second kappa shape index (κ2) is 6.51. The number of hydrogen-bond donors (Lipinski definition) is 1. The topological polar surface area (TPSA) is 95.4 Å². The number of fused-ring (bicyclic) bond motifs is 1. The van der Waals surface area contributed by atoms with Gasteiger partial charge in [0.05, 0.1) is 12.9 Å². The molecule has 1 aromatic carbocycles. The van der Waals surface area contributed by atoms with Crippen LogP contribution in [0.5, 0.6) is 0 Å². The van der Waals surface area contributed by atoms with Gasteiger partial charge in [0.15, 0.2) is 23.2 Å². The Morgan fingerprint density at radius 2 is 1.77 bits per heavy atom. The van der Waals surface area contributed by atoms with Crippen LogP contribution in [0.3, 0.4) is 0 Å². The maximum atomic E-state index is 6.15. The third-order valence-corrected chi connectivity index (χ3v) is 4.70. The standard InChI is InChI=1S/C17H13Cl2N7/c1-9-4-2-3-5-10(9)16-24-12-15(20)23-8-26(17(12)25-16)6-11-13(18)21-7-22-14(11)19/h2-5,7-8H,6,20H2,1H3. The Labute approximate surface area is 159 Å². The number of benzene rings is 1. The first-order valence-electron chi connectivity index (χ1n) is 7.74. The fraction of sp³-hybridized carbons (Fsp3) is 0.118. The highest BCUT2D eigenvalue weighted by molar-refractivity contribution is 6.34. The van der Waals surface area contributed by atoms with Crippen LogP contribution in [-0.4, -0.2) is 29.5 Å². The van der Waals surface area contributed by atoms with Crippen molar-refractivity contribution in [3.63, 3.8) is 0 Å². The quantitative estimate of drug-likeness (QED) is 0.542. The number of imidazole rings is 1. The van der Waals surface area contributed by atoms with Crippen LogP contribution in [0.4, 0.5) is 5.82 Å². The van der Waals surface area contributed by atoms with Crippen LogP contribution < -0.4 is 5.73 Å². The molecule has 26 heavy (non-hydrogen) atoms. The van der Waals surface area contributed by atoms with Crippen molar-refractivity contribution >= 4 is 29.0 Å². The molecule has 2 N–H and O–H groups in total. The lowest BCUT2D eigenvalue weighted by Crippen LogP contribution is -2.10. The van der Waals surface area contributed by atoms with E-state index < -0.39 is 0 Å². The van der Waals surface area contributed by atoms with Gasteiger partial charge in [-0.3, -0.25) is 0 Å². The zero-order valence-electron chi connectivity index (χ0n) is 13.7. The van der Waals surface area contributed by atoms with E-state index in [0.717, 1.165) is 11.1 Å². The highest BCUT2D eigenvalue weighted by atomic mass is 35.5. The summed E-state index contributed by atoms with van der Waals surface area (Å²) >= 11 is 12.3. The minimum atomic E-state index is 0.279. The second-order valence-electron chi connectivity index (χ2n) is 5.73. The normalized spacial score (nSPS) is 11.2. The number of anilines is 1. The smallest absolute Gasteiger partial charge is 0.166 e. The number of halogens is 2. The number of nitrogens with zero attached hydrogens (tertiary/aromatic N) is 6. The second-order valence-corrected chi connectivity index (χ2v) is 6.44. The highest BCUT2D eigenvalue weighted by Crippen LogP contribution is 2.31. The van der Waals surface area contributed by atoms with Crippen molar-refractivity contribution in [3.8, 4) is 22.9 Å². The van der Waals surface area contributed by atoms with Crippen LogP contribution in [-0.2, 0) is 6.54 Å². The molecule has 0 amide bonds. The molecule has 1 aromatic heterocycles. The monoisotopic (exact) mass is 385 g/mol. The minimum absolute atomic E-state index is 0.279. The Morgan fingerprint density at radius 1 is 1.04 bits per heavy atom. The third-order valence-electron chi connectivity index (χ3n) is 4.05. The lowest BCUT2D eigenvalue weighted by Gasteiger charge is -2.12. The van der Waals surface area contributed by atoms with Gasteiger partial charge in [0.25, 0.3) is 0 Å². The first-order chi connectivity index (χ1) is 12.5. The van der Waals surface area contributed by atoms with Crippen LogP contribution >= 0.6 is 23.2 Å². The van der Waals surface area contributed by atoms with Crippen LogP contribution in [0.2, 0.25) is 10.3 Å². The van der Waals surface area contributed by atoms with E-state index >= 15 is 0 Å². The van der Waals surface area contributed by atoms with E-state index in [1.54, 1.807) is 10.9 Å². The molecule has 0 saturated heterocycles. The number of aryl methyl sites for hydroxylation is 1. The maximum absolute atomic E-state index is 6.15. The average molecular weight is 386 g/mol. The molecule has 2 aromatic rings. The van der Waals surface area contributed by atoms with E-state index in [1.165, 1.54) is 6.33 Å². The van der Waals surface area contributed by atoms with Gasteiger partial charge in [-0.15, -0.1) is 0 Å². The Hall–Kier alpha value is -2.77.